The molecule has 5 heteroatoms. The standard InChI is InChI=1S/C13H24N4O/c1-8(2)10(9(3)4)6-15-13-11(18-5)12(14)16-7-17-13/h7-10H,6H2,1-5H3,(H3,14,15,16,17). The summed E-state index contributed by atoms with van der Waals surface area (Å²) in [7, 11) is 1.57. The van der Waals surface area contributed by atoms with Gasteiger partial charge in [-0.25, -0.2) is 9.97 Å². The first-order valence-corrected chi connectivity index (χ1v) is 6.35. The number of nitrogens with one attached hydrogen (secondary N) is 1. The molecular weight excluding hydrogens is 228 g/mol. The molecule has 0 aromatic carbocycles. The lowest BCUT2D eigenvalue weighted by atomic mass is 9.85. The molecule has 0 saturated heterocycles. The Kier molecular flexibility index (Phi) is 5.19. The van der Waals surface area contributed by atoms with Crippen molar-refractivity contribution in [3.8, 4) is 5.75 Å². The van der Waals surface area contributed by atoms with Gasteiger partial charge in [0.05, 0.1) is 7.11 Å². The number of ether oxygens (including phenoxy) is 1. The lowest BCUT2D eigenvalue weighted by Crippen LogP contribution is -2.25. The highest BCUT2D eigenvalue weighted by atomic mass is 16.5. The third-order valence-electron chi connectivity index (χ3n) is 3.25. The first-order chi connectivity index (χ1) is 8.47. The van der Waals surface area contributed by atoms with Crippen molar-refractivity contribution < 1.29 is 4.74 Å². The Bertz CT molecular complexity index is 371. The Labute approximate surface area is 109 Å². The summed E-state index contributed by atoms with van der Waals surface area (Å²) >= 11 is 0. The van der Waals surface area contributed by atoms with Gasteiger partial charge in [0.1, 0.15) is 6.33 Å². The molecule has 0 aliphatic rings. The van der Waals surface area contributed by atoms with E-state index in [-0.39, 0.29) is 0 Å². The molecule has 0 fully saturated rings. The van der Waals surface area contributed by atoms with Crippen LogP contribution in [0.3, 0.4) is 0 Å². The van der Waals surface area contributed by atoms with Gasteiger partial charge in [0.2, 0.25) is 5.75 Å². The summed E-state index contributed by atoms with van der Waals surface area (Å²) in [5.41, 5.74) is 5.74. The van der Waals surface area contributed by atoms with Gasteiger partial charge in [0.15, 0.2) is 11.6 Å². The predicted octanol–water partition coefficient (Wildman–Crippen LogP) is 2.41. The van der Waals surface area contributed by atoms with Crippen molar-refractivity contribution in [2.45, 2.75) is 27.7 Å². The van der Waals surface area contributed by atoms with E-state index in [2.05, 4.69) is 43.0 Å². The maximum absolute atomic E-state index is 5.74. The molecule has 3 N–H and O–H groups in total. The highest BCUT2D eigenvalue weighted by molar-refractivity contribution is 5.61. The Morgan fingerprint density at radius 2 is 1.83 bits per heavy atom. The van der Waals surface area contributed by atoms with Crippen LogP contribution in [0.4, 0.5) is 11.6 Å². The number of hydrogen-bond acceptors (Lipinski definition) is 5. The van der Waals surface area contributed by atoms with E-state index < -0.39 is 0 Å². The van der Waals surface area contributed by atoms with Gasteiger partial charge >= 0.3 is 0 Å². The van der Waals surface area contributed by atoms with Gasteiger partial charge < -0.3 is 15.8 Å². The average molecular weight is 252 g/mol. The zero-order valence-corrected chi connectivity index (χ0v) is 11.9. The Morgan fingerprint density at radius 3 is 2.33 bits per heavy atom. The minimum absolute atomic E-state index is 0.362. The van der Waals surface area contributed by atoms with Crippen molar-refractivity contribution in [1.29, 1.82) is 0 Å². The van der Waals surface area contributed by atoms with Crippen LogP contribution < -0.4 is 15.8 Å². The lowest BCUT2D eigenvalue weighted by Gasteiger charge is -2.25. The van der Waals surface area contributed by atoms with Crippen LogP contribution >= 0.6 is 0 Å². The quantitative estimate of drug-likeness (QED) is 0.813. The second kappa shape index (κ2) is 6.42. The molecule has 1 heterocycles. The molecule has 0 amide bonds. The van der Waals surface area contributed by atoms with Crippen molar-refractivity contribution >= 4 is 11.6 Å². The monoisotopic (exact) mass is 252 g/mol. The van der Waals surface area contributed by atoms with E-state index >= 15 is 0 Å². The second-order valence-corrected chi connectivity index (χ2v) is 5.17. The summed E-state index contributed by atoms with van der Waals surface area (Å²) in [6.45, 7) is 9.79. The van der Waals surface area contributed by atoms with Crippen LogP contribution in [-0.4, -0.2) is 23.6 Å². The second-order valence-electron chi connectivity index (χ2n) is 5.17. The molecule has 0 saturated carbocycles. The Balaban J connectivity index is 2.76. The largest absolute Gasteiger partial charge is 0.490 e. The summed E-state index contributed by atoms with van der Waals surface area (Å²) in [6, 6.07) is 0. The summed E-state index contributed by atoms with van der Waals surface area (Å²) in [4.78, 5) is 8.08. The Hall–Kier alpha value is -1.52. The normalized spacial score (nSPS) is 11.3. The summed E-state index contributed by atoms with van der Waals surface area (Å²) in [5.74, 6) is 3.34. The molecule has 1 aromatic rings. The number of nitrogen functional groups attached to an aromatic ring is 1. The average Bonchev–Trinajstić information content (AvgIpc) is 2.28. The molecule has 1 rings (SSSR count). The Morgan fingerprint density at radius 1 is 1.22 bits per heavy atom. The first kappa shape index (κ1) is 14.5. The molecule has 0 spiro atoms. The van der Waals surface area contributed by atoms with Crippen molar-refractivity contribution in [3.05, 3.63) is 6.33 Å². The maximum Gasteiger partial charge on any atom is 0.203 e. The van der Waals surface area contributed by atoms with Gasteiger partial charge in [-0.1, -0.05) is 27.7 Å². The number of rotatable bonds is 6. The van der Waals surface area contributed by atoms with Crippen molar-refractivity contribution in [2.75, 3.05) is 24.7 Å². The third-order valence-corrected chi connectivity index (χ3v) is 3.25. The number of hydrogen-bond donors (Lipinski definition) is 2. The summed E-state index contributed by atoms with van der Waals surface area (Å²) in [6.07, 6.45) is 1.44. The van der Waals surface area contributed by atoms with E-state index in [1.54, 1.807) is 7.11 Å². The molecule has 5 nitrogen and oxygen atoms in total. The van der Waals surface area contributed by atoms with Crippen LogP contribution in [0, 0.1) is 17.8 Å². The molecule has 0 bridgehead atoms. The molecular formula is C13H24N4O. The van der Waals surface area contributed by atoms with E-state index in [0.717, 1.165) is 6.54 Å². The van der Waals surface area contributed by atoms with Crippen LogP contribution in [0.2, 0.25) is 0 Å². The van der Waals surface area contributed by atoms with E-state index in [0.29, 0.717) is 35.1 Å². The van der Waals surface area contributed by atoms with E-state index in [1.165, 1.54) is 6.33 Å². The van der Waals surface area contributed by atoms with Crippen molar-refractivity contribution in [1.82, 2.24) is 9.97 Å². The maximum atomic E-state index is 5.74. The van der Waals surface area contributed by atoms with Gasteiger partial charge in [0, 0.05) is 6.54 Å². The van der Waals surface area contributed by atoms with Gasteiger partial charge in [-0.05, 0) is 17.8 Å². The zero-order chi connectivity index (χ0) is 13.7. The van der Waals surface area contributed by atoms with Crippen LogP contribution in [0.25, 0.3) is 0 Å². The first-order valence-electron chi connectivity index (χ1n) is 6.35. The van der Waals surface area contributed by atoms with E-state index in [4.69, 9.17) is 10.5 Å². The van der Waals surface area contributed by atoms with Crippen molar-refractivity contribution in [2.24, 2.45) is 17.8 Å². The number of methoxy groups -OCH3 is 1. The smallest absolute Gasteiger partial charge is 0.203 e. The molecule has 0 unspecified atom stereocenters. The topological polar surface area (TPSA) is 73.1 Å². The number of aromatic nitrogens is 2. The molecule has 0 atom stereocenters. The fraction of sp³-hybridized carbons (Fsp3) is 0.692. The summed E-state index contributed by atoms with van der Waals surface area (Å²) in [5, 5.41) is 3.31. The number of nitrogens with zero attached hydrogens (tertiary/aromatic N) is 2. The lowest BCUT2D eigenvalue weighted by molar-refractivity contribution is 0.303. The SMILES string of the molecule is COc1c(N)ncnc1NCC(C(C)C)C(C)C. The summed E-state index contributed by atoms with van der Waals surface area (Å²) < 4.78 is 5.22. The minimum Gasteiger partial charge on any atom is -0.490 e. The highest BCUT2D eigenvalue weighted by Crippen LogP contribution is 2.28. The number of nitrogens with two attached hydrogens (primary N) is 1. The van der Waals surface area contributed by atoms with Crippen LogP contribution in [0.1, 0.15) is 27.7 Å². The fourth-order valence-corrected chi connectivity index (χ4v) is 2.17. The van der Waals surface area contributed by atoms with Crippen molar-refractivity contribution in [3.63, 3.8) is 0 Å². The predicted molar refractivity (Wildman–Crippen MR) is 74.7 cm³/mol. The van der Waals surface area contributed by atoms with E-state index in [9.17, 15) is 0 Å². The van der Waals surface area contributed by atoms with Gasteiger partial charge in [-0.2, -0.15) is 0 Å². The van der Waals surface area contributed by atoms with Gasteiger partial charge in [-0.15, -0.1) is 0 Å². The van der Waals surface area contributed by atoms with E-state index in [1.807, 2.05) is 0 Å². The minimum atomic E-state index is 0.362. The third kappa shape index (κ3) is 3.48. The molecule has 102 valence electrons. The fourth-order valence-electron chi connectivity index (χ4n) is 2.17. The van der Waals surface area contributed by atoms with Crippen LogP contribution in [0.15, 0.2) is 6.33 Å². The molecule has 18 heavy (non-hydrogen) atoms. The van der Waals surface area contributed by atoms with Crippen LogP contribution in [0.5, 0.6) is 5.75 Å². The molecule has 0 aliphatic carbocycles. The highest BCUT2D eigenvalue weighted by Gasteiger charge is 2.18. The zero-order valence-electron chi connectivity index (χ0n) is 11.9. The van der Waals surface area contributed by atoms with Crippen LogP contribution in [-0.2, 0) is 0 Å². The van der Waals surface area contributed by atoms with Gasteiger partial charge in [0.25, 0.3) is 0 Å². The molecule has 0 aliphatic heterocycles. The number of anilines is 2. The molecule has 1 aromatic heterocycles. The molecule has 0 radical (unpaired) electrons. The van der Waals surface area contributed by atoms with Gasteiger partial charge in [-0.3, -0.25) is 0 Å².